The average Bonchev–Trinajstić information content (AvgIpc) is 2.96. The zero-order chi connectivity index (χ0) is 11.5. The number of para-hydroxylation sites is 2. The summed E-state index contributed by atoms with van der Waals surface area (Å²) in [5, 5.41) is 5.29. The fourth-order valence-corrected chi connectivity index (χ4v) is 2.40. The lowest BCUT2D eigenvalue weighted by molar-refractivity contribution is 0.614. The second-order valence-corrected chi connectivity index (χ2v) is 4.78. The quantitative estimate of drug-likeness (QED) is 0.762. The summed E-state index contributed by atoms with van der Waals surface area (Å²) in [5.41, 5.74) is 1.72. The molecule has 4 heteroatoms. The van der Waals surface area contributed by atoms with E-state index in [2.05, 4.69) is 27.8 Å². The van der Waals surface area contributed by atoms with Crippen molar-refractivity contribution in [3.63, 3.8) is 0 Å². The molecule has 17 heavy (non-hydrogen) atoms. The molecule has 0 bridgehead atoms. The second-order valence-electron chi connectivity index (χ2n) is 3.74. The van der Waals surface area contributed by atoms with Crippen LogP contribution < -0.4 is 5.32 Å². The monoisotopic (exact) mass is 244 g/mol. The highest BCUT2D eigenvalue weighted by molar-refractivity contribution is 7.09. The Morgan fingerprint density at radius 3 is 2.94 bits per heavy atom. The van der Waals surface area contributed by atoms with Gasteiger partial charge in [0.2, 0.25) is 0 Å². The molecular formula is C13H12N2OS. The summed E-state index contributed by atoms with van der Waals surface area (Å²) in [7, 11) is 0. The number of oxazole rings is 1. The Balaban J connectivity index is 1.65. The van der Waals surface area contributed by atoms with Crippen LogP contribution in [0.2, 0.25) is 0 Å². The van der Waals surface area contributed by atoms with Gasteiger partial charge < -0.3 is 9.73 Å². The Labute approximate surface area is 103 Å². The molecule has 0 amide bonds. The first-order valence-electron chi connectivity index (χ1n) is 5.54. The number of nitrogens with one attached hydrogen (secondary N) is 1. The fraction of sp³-hybridized carbons (Fsp3) is 0.154. The molecule has 0 saturated heterocycles. The first-order valence-corrected chi connectivity index (χ1v) is 6.41. The van der Waals surface area contributed by atoms with Gasteiger partial charge >= 0.3 is 0 Å². The molecule has 2 aromatic heterocycles. The zero-order valence-electron chi connectivity index (χ0n) is 9.22. The maximum absolute atomic E-state index is 5.57. The summed E-state index contributed by atoms with van der Waals surface area (Å²) >= 11 is 1.77. The molecule has 0 aliphatic carbocycles. The highest BCUT2D eigenvalue weighted by atomic mass is 32.1. The van der Waals surface area contributed by atoms with Crippen molar-refractivity contribution in [1.82, 2.24) is 4.98 Å². The standard InChI is InChI=1S/C13H12N2OS/c1-2-6-12-11(5-1)15-13(16-12)14-8-7-10-4-3-9-17-10/h1-6,9H,7-8H2,(H,14,15). The Hall–Kier alpha value is -1.81. The maximum Gasteiger partial charge on any atom is 0.295 e. The summed E-state index contributed by atoms with van der Waals surface area (Å²) in [4.78, 5) is 5.73. The van der Waals surface area contributed by atoms with E-state index in [0.29, 0.717) is 6.01 Å². The van der Waals surface area contributed by atoms with Gasteiger partial charge in [-0.15, -0.1) is 11.3 Å². The van der Waals surface area contributed by atoms with Gasteiger partial charge in [0.15, 0.2) is 5.58 Å². The summed E-state index contributed by atoms with van der Waals surface area (Å²) < 4.78 is 5.57. The Morgan fingerprint density at radius 1 is 1.18 bits per heavy atom. The van der Waals surface area contributed by atoms with E-state index >= 15 is 0 Å². The topological polar surface area (TPSA) is 38.1 Å². The number of nitrogens with zero attached hydrogens (tertiary/aromatic N) is 1. The molecule has 3 aromatic rings. The van der Waals surface area contributed by atoms with Crippen LogP contribution in [0.15, 0.2) is 46.2 Å². The number of fused-ring (bicyclic) bond motifs is 1. The summed E-state index contributed by atoms with van der Waals surface area (Å²) in [6, 6.07) is 12.6. The van der Waals surface area contributed by atoms with Crippen molar-refractivity contribution in [1.29, 1.82) is 0 Å². The molecule has 3 nitrogen and oxygen atoms in total. The maximum atomic E-state index is 5.57. The van der Waals surface area contributed by atoms with E-state index in [1.54, 1.807) is 11.3 Å². The lowest BCUT2D eigenvalue weighted by Crippen LogP contribution is -2.03. The Kier molecular flexibility index (Phi) is 2.80. The van der Waals surface area contributed by atoms with E-state index in [9.17, 15) is 0 Å². The molecule has 3 rings (SSSR count). The molecule has 0 saturated carbocycles. The molecule has 2 heterocycles. The van der Waals surface area contributed by atoms with Crippen molar-refractivity contribution in [2.24, 2.45) is 0 Å². The lowest BCUT2D eigenvalue weighted by Gasteiger charge is -1.98. The molecule has 0 aliphatic rings. The highest BCUT2D eigenvalue weighted by Crippen LogP contribution is 2.18. The third-order valence-electron chi connectivity index (χ3n) is 2.52. The van der Waals surface area contributed by atoms with E-state index in [1.165, 1.54) is 4.88 Å². The van der Waals surface area contributed by atoms with E-state index in [0.717, 1.165) is 24.1 Å². The summed E-state index contributed by atoms with van der Waals surface area (Å²) in [6.45, 7) is 0.841. The lowest BCUT2D eigenvalue weighted by atomic mass is 10.3. The molecule has 86 valence electrons. The van der Waals surface area contributed by atoms with Crippen LogP contribution in [0.25, 0.3) is 11.1 Å². The van der Waals surface area contributed by atoms with Gasteiger partial charge in [0.05, 0.1) is 0 Å². The zero-order valence-corrected chi connectivity index (χ0v) is 10.0. The largest absolute Gasteiger partial charge is 0.424 e. The molecule has 0 radical (unpaired) electrons. The van der Waals surface area contributed by atoms with Crippen LogP contribution in [0.5, 0.6) is 0 Å². The van der Waals surface area contributed by atoms with Gasteiger partial charge in [-0.25, -0.2) is 0 Å². The fourth-order valence-electron chi connectivity index (χ4n) is 1.70. The third kappa shape index (κ3) is 2.31. The van der Waals surface area contributed by atoms with Gasteiger partial charge in [-0.3, -0.25) is 0 Å². The van der Waals surface area contributed by atoms with Gasteiger partial charge in [-0.05, 0) is 30.0 Å². The third-order valence-corrected chi connectivity index (χ3v) is 3.46. The van der Waals surface area contributed by atoms with Crippen molar-refractivity contribution in [3.8, 4) is 0 Å². The normalized spacial score (nSPS) is 10.8. The van der Waals surface area contributed by atoms with Crippen LogP contribution >= 0.6 is 11.3 Å². The van der Waals surface area contributed by atoms with Crippen molar-refractivity contribution >= 4 is 28.5 Å². The number of anilines is 1. The van der Waals surface area contributed by atoms with Crippen LogP contribution in [-0.4, -0.2) is 11.5 Å². The van der Waals surface area contributed by atoms with Crippen molar-refractivity contribution in [3.05, 3.63) is 46.7 Å². The molecule has 0 fully saturated rings. The number of hydrogen-bond donors (Lipinski definition) is 1. The molecule has 0 aliphatic heterocycles. The van der Waals surface area contributed by atoms with Crippen LogP contribution in [0.4, 0.5) is 6.01 Å². The first kappa shape index (κ1) is 10.4. The first-order chi connectivity index (χ1) is 8.42. The highest BCUT2D eigenvalue weighted by Gasteiger charge is 2.03. The van der Waals surface area contributed by atoms with Gasteiger partial charge in [0.1, 0.15) is 5.52 Å². The van der Waals surface area contributed by atoms with Crippen molar-refractivity contribution in [2.45, 2.75) is 6.42 Å². The number of aromatic nitrogens is 1. The molecular weight excluding hydrogens is 232 g/mol. The molecule has 1 N–H and O–H groups in total. The van der Waals surface area contributed by atoms with Crippen LogP contribution in [0.1, 0.15) is 4.88 Å². The minimum absolute atomic E-state index is 0.600. The summed E-state index contributed by atoms with van der Waals surface area (Å²) in [6.07, 6.45) is 0.996. The van der Waals surface area contributed by atoms with Gasteiger partial charge in [-0.2, -0.15) is 4.98 Å². The molecule has 1 aromatic carbocycles. The predicted molar refractivity (Wildman–Crippen MR) is 70.5 cm³/mol. The number of hydrogen-bond acceptors (Lipinski definition) is 4. The Morgan fingerprint density at radius 2 is 2.12 bits per heavy atom. The van der Waals surface area contributed by atoms with Gasteiger partial charge in [0.25, 0.3) is 6.01 Å². The smallest absolute Gasteiger partial charge is 0.295 e. The molecule has 0 atom stereocenters. The summed E-state index contributed by atoms with van der Waals surface area (Å²) in [5.74, 6) is 0. The minimum Gasteiger partial charge on any atom is -0.424 e. The van der Waals surface area contributed by atoms with E-state index in [1.807, 2.05) is 24.3 Å². The SMILES string of the molecule is c1csc(CCNc2nc3ccccc3o2)c1. The minimum atomic E-state index is 0.600. The van der Waals surface area contributed by atoms with Crippen LogP contribution in [0.3, 0.4) is 0 Å². The molecule has 0 unspecified atom stereocenters. The van der Waals surface area contributed by atoms with Crippen LogP contribution in [0, 0.1) is 0 Å². The number of thiophene rings is 1. The average molecular weight is 244 g/mol. The Bertz CT molecular complexity index is 568. The molecule has 0 spiro atoms. The number of rotatable bonds is 4. The second kappa shape index (κ2) is 4.59. The van der Waals surface area contributed by atoms with Crippen LogP contribution in [-0.2, 0) is 6.42 Å². The number of benzene rings is 1. The van der Waals surface area contributed by atoms with Gasteiger partial charge in [-0.1, -0.05) is 18.2 Å². The van der Waals surface area contributed by atoms with E-state index in [4.69, 9.17) is 4.42 Å². The van der Waals surface area contributed by atoms with Crippen molar-refractivity contribution in [2.75, 3.05) is 11.9 Å². The predicted octanol–water partition coefficient (Wildman–Crippen LogP) is 3.54. The van der Waals surface area contributed by atoms with Crippen molar-refractivity contribution < 1.29 is 4.42 Å². The van der Waals surface area contributed by atoms with Gasteiger partial charge in [0, 0.05) is 11.4 Å². The van der Waals surface area contributed by atoms with E-state index in [-0.39, 0.29) is 0 Å². The van der Waals surface area contributed by atoms with E-state index < -0.39 is 0 Å².